The van der Waals surface area contributed by atoms with Crippen LogP contribution in [-0.2, 0) is 53.5 Å². The quantitative estimate of drug-likeness (QED) is 0.0183. The number of aromatic nitrogens is 1. The largest absolute Gasteiger partial charge is 0.508 e. The van der Waals surface area contributed by atoms with Gasteiger partial charge in [-0.15, -0.1) is 11.3 Å². The molecule has 442 valence electrons. The van der Waals surface area contributed by atoms with E-state index in [0.29, 0.717) is 23.1 Å². The van der Waals surface area contributed by atoms with Crippen LogP contribution in [0.25, 0.3) is 21.6 Å². The summed E-state index contributed by atoms with van der Waals surface area (Å²) in [5.41, 5.74) is 9.04. The highest BCUT2D eigenvalue weighted by molar-refractivity contribution is 8.72. The number of allylic oxidation sites excluding steroid dienone is 1. The lowest BCUT2D eigenvalue weighted by Gasteiger charge is -2.35. The van der Waals surface area contributed by atoms with E-state index in [4.69, 9.17) is 23.7 Å². The summed E-state index contributed by atoms with van der Waals surface area (Å²) in [5.74, 6) is -0.757. The first-order valence-corrected chi connectivity index (χ1v) is 31.3. The third kappa shape index (κ3) is 19.7. The van der Waals surface area contributed by atoms with Gasteiger partial charge in [0.05, 0.1) is 66.8 Å². The van der Waals surface area contributed by atoms with Crippen LogP contribution in [0.5, 0.6) is 11.5 Å². The maximum absolute atomic E-state index is 14.5. The minimum atomic E-state index is -3.46. The van der Waals surface area contributed by atoms with E-state index in [2.05, 4.69) is 34.7 Å². The molecule has 1 saturated heterocycles. The summed E-state index contributed by atoms with van der Waals surface area (Å²) in [6.45, 7) is 13.5. The molecule has 0 radical (unpaired) electrons. The van der Waals surface area contributed by atoms with Gasteiger partial charge in [0.15, 0.2) is 8.87 Å². The first kappa shape index (κ1) is 64.4. The molecule has 18 nitrogen and oxygen atoms in total. The summed E-state index contributed by atoms with van der Waals surface area (Å²) >= 11 is 1.53. The molecule has 0 aliphatic carbocycles. The lowest BCUT2D eigenvalue weighted by Crippen LogP contribution is -2.57. The number of phenols is 1. The van der Waals surface area contributed by atoms with Crippen molar-refractivity contribution < 1.29 is 61.2 Å². The number of phenolic OH excluding ortho intramolecular Hbond substituents is 1. The average Bonchev–Trinajstić information content (AvgIpc) is 4.11. The van der Waals surface area contributed by atoms with Gasteiger partial charge < -0.3 is 49.2 Å². The van der Waals surface area contributed by atoms with Gasteiger partial charge in [-0.25, -0.2) is 18.2 Å². The molecule has 0 unspecified atom stereocenters. The Kier molecular flexibility index (Phi) is 23.5. The molecule has 0 spiro atoms. The van der Waals surface area contributed by atoms with Crippen molar-refractivity contribution in [1.82, 2.24) is 25.4 Å². The Bertz CT molecular complexity index is 3070. The second-order valence-corrected chi connectivity index (χ2v) is 27.5. The number of aromatic hydroxyl groups is 1. The van der Waals surface area contributed by atoms with Crippen LogP contribution in [0, 0.1) is 12.3 Å². The maximum Gasteiger partial charge on any atom is 0.508 e. The number of likely N-dealkylation sites (tertiary alicyclic amines) is 1. The van der Waals surface area contributed by atoms with Crippen LogP contribution in [-0.4, -0.2) is 147 Å². The molecule has 4 amide bonds. The zero-order valence-corrected chi connectivity index (χ0v) is 50.7. The molecule has 82 heavy (non-hydrogen) atoms. The van der Waals surface area contributed by atoms with E-state index in [0.717, 1.165) is 56.6 Å². The fourth-order valence-electron chi connectivity index (χ4n) is 9.21. The molecule has 6 rings (SSSR count). The summed E-state index contributed by atoms with van der Waals surface area (Å²) in [5, 5.41) is 15.7. The number of hydrogen-bond acceptors (Lipinski definition) is 16. The highest BCUT2D eigenvalue weighted by atomic mass is 33.1. The molecule has 21 heteroatoms. The number of benzene rings is 4. The number of carbonyl (C=O) groups is 5. The van der Waals surface area contributed by atoms with Crippen LogP contribution < -0.4 is 15.4 Å². The Morgan fingerprint density at radius 3 is 2.07 bits per heavy atom. The summed E-state index contributed by atoms with van der Waals surface area (Å²) in [4.78, 5) is 76.1. The Labute approximate surface area is 489 Å². The molecule has 1 aliphatic heterocycles. The van der Waals surface area contributed by atoms with Crippen molar-refractivity contribution in [2.75, 3.05) is 66.0 Å². The Balaban J connectivity index is 0.938. The minimum absolute atomic E-state index is 0.0193. The van der Waals surface area contributed by atoms with Crippen LogP contribution in [0.3, 0.4) is 0 Å². The molecule has 1 fully saturated rings. The number of ether oxygens (including phenoxy) is 5. The van der Waals surface area contributed by atoms with Gasteiger partial charge in [0, 0.05) is 32.7 Å². The summed E-state index contributed by atoms with van der Waals surface area (Å²) in [6.07, 6.45) is -0.182. The smallest absolute Gasteiger partial charge is 0.508 e. The van der Waals surface area contributed by atoms with Crippen molar-refractivity contribution in [3.63, 3.8) is 0 Å². The molecule has 3 atom stereocenters. The number of thiazole rings is 1. The van der Waals surface area contributed by atoms with Gasteiger partial charge in [0.25, 0.3) is 0 Å². The second kappa shape index (κ2) is 30.0. The van der Waals surface area contributed by atoms with E-state index in [9.17, 15) is 37.5 Å². The molecule has 5 aromatic rings. The molecule has 1 aliphatic rings. The summed E-state index contributed by atoms with van der Waals surface area (Å²) in [7, 11) is -1.10. The molecule has 2 heterocycles. The van der Waals surface area contributed by atoms with E-state index in [1.807, 2.05) is 85.8 Å². The fraction of sp³-hybridized carbons (Fsp3) is 0.443. The zero-order valence-electron chi connectivity index (χ0n) is 48.2. The molecule has 4 aromatic carbocycles. The summed E-state index contributed by atoms with van der Waals surface area (Å²) < 4.78 is 51.1. The van der Waals surface area contributed by atoms with Gasteiger partial charge in [-0.05, 0) is 107 Å². The van der Waals surface area contributed by atoms with Crippen molar-refractivity contribution in [1.29, 1.82) is 0 Å². The molecule has 3 N–H and O–H groups in total. The highest BCUT2D eigenvalue weighted by Crippen LogP contribution is 2.36. The molecular formula is C61H77N5O13S3. The molecule has 0 bridgehead atoms. The van der Waals surface area contributed by atoms with Gasteiger partial charge in [0.1, 0.15) is 42.9 Å². The van der Waals surface area contributed by atoms with Crippen LogP contribution in [0.2, 0.25) is 0 Å². The third-order valence-electron chi connectivity index (χ3n) is 13.4. The predicted octanol–water partition coefficient (Wildman–Crippen LogP) is 9.29. The minimum Gasteiger partial charge on any atom is -0.508 e. The second-order valence-electron chi connectivity index (χ2n) is 21.6. The van der Waals surface area contributed by atoms with Crippen LogP contribution in [0.4, 0.5) is 4.79 Å². The number of likely N-dealkylation sites (N-methyl/N-ethyl adjacent to an activating group) is 1. The van der Waals surface area contributed by atoms with Crippen molar-refractivity contribution in [2.24, 2.45) is 5.41 Å². The number of nitrogens with one attached hydrogen (secondary N) is 2. The molecular weight excluding hydrogens is 1110 g/mol. The SMILES string of the molecule is CCC(=C(c1ccc(O)cc1)c1ccc(OCCN(C)C(=O)CCOCCOCCC(=O)N[C@H](C(=O)N2C[C@H](OC(=O)OCC(C)(C)SS(C)(=O)=O)C[C@H]2C(=O)NCc2ccc(-c3scnc3C)cc2)C(C)(C)C)cc1)c1ccccc1. The number of amides is 4. The lowest BCUT2D eigenvalue weighted by atomic mass is 9.85. The van der Waals surface area contributed by atoms with E-state index in [1.165, 1.54) is 21.8 Å². The topological polar surface area (TPSA) is 229 Å². The number of nitrogens with zero attached hydrogens (tertiary/aromatic N) is 3. The third-order valence-corrected chi connectivity index (χ3v) is 17.5. The Hall–Kier alpha value is -6.78. The van der Waals surface area contributed by atoms with Gasteiger partial charge in [-0.2, -0.15) is 0 Å². The van der Waals surface area contributed by atoms with Crippen molar-refractivity contribution in [2.45, 2.75) is 104 Å². The monoisotopic (exact) mass is 1180 g/mol. The van der Waals surface area contributed by atoms with E-state index in [-0.39, 0.29) is 83.6 Å². The zero-order chi connectivity index (χ0) is 59.6. The summed E-state index contributed by atoms with van der Waals surface area (Å²) in [6, 6.07) is 30.8. The number of rotatable bonds is 28. The molecule has 1 aromatic heterocycles. The van der Waals surface area contributed by atoms with Gasteiger partial charge in [-0.1, -0.05) is 107 Å². The first-order valence-electron chi connectivity index (χ1n) is 27.2. The van der Waals surface area contributed by atoms with Gasteiger partial charge >= 0.3 is 6.16 Å². The van der Waals surface area contributed by atoms with Crippen LogP contribution in [0.15, 0.2) is 109 Å². The first-order chi connectivity index (χ1) is 38.9. The number of carbonyl (C=O) groups excluding carboxylic acids is 5. The Morgan fingerprint density at radius 1 is 0.841 bits per heavy atom. The predicted molar refractivity (Wildman–Crippen MR) is 320 cm³/mol. The highest BCUT2D eigenvalue weighted by Gasteiger charge is 2.46. The van der Waals surface area contributed by atoms with E-state index >= 15 is 0 Å². The van der Waals surface area contributed by atoms with Crippen molar-refractivity contribution >= 4 is 71.9 Å². The van der Waals surface area contributed by atoms with Crippen molar-refractivity contribution in [3.05, 3.63) is 137 Å². The van der Waals surface area contributed by atoms with Gasteiger partial charge in [-0.3, -0.25) is 19.2 Å². The van der Waals surface area contributed by atoms with Crippen LogP contribution >= 0.6 is 22.1 Å². The van der Waals surface area contributed by atoms with Gasteiger partial charge in [0.2, 0.25) is 23.6 Å². The van der Waals surface area contributed by atoms with E-state index < -0.39 is 61.1 Å². The lowest BCUT2D eigenvalue weighted by molar-refractivity contribution is -0.144. The van der Waals surface area contributed by atoms with E-state index in [1.54, 1.807) is 64.2 Å². The number of hydrogen-bond donors (Lipinski definition) is 3. The molecule has 0 saturated carbocycles. The number of aryl methyl sites for hydroxylation is 1. The van der Waals surface area contributed by atoms with Crippen LogP contribution in [0.1, 0.15) is 95.2 Å². The standard InChI is InChI=1S/C61H77N5O13S3/c1-10-50(43-14-12-11-13-15-43)54(44-20-24-47(67)25-21-44)45-22-26-48(27-23-45)77-33-30-65(8)53(69)29-32-76-35-34-75-31-28-52(68)64-56(60(3,4)5)58(71)66-38-49(79-59(72)78-39-61(6,7)81-82(9,73)74)36-51(66)57(70)62-37-42-16-18-46(19-17-42)55-41(2)63-40-80-55/h11-27,40,49,51,56,67H,10,28-39H2,1-9H3,(H,62,70)(H,64,68)/t49-,51+,56-/m1/s1. The fourth-order valence-corrected chi connectivity index (χ4v) is 13.5. The Morgan fingerprint density at radius 2 is 1.48 bits per heavy atom. The maximum atomic E-state index is 14.5. The van der Waals surface area contributed by atoms with Crippen molar-refractivity contribution in [3.8, 4) is 21.9 Å². The normalized spacial score (nSPS) is 15.3. The average molecular weight is 1180 g/mol.